The van der Waals surface area contributed by atoms with Crippen LogP contribution in [0.1, 0.15) is 5.69 Å². The first-order chi connectivity index (χ1) is 11.5. The van der Waals surface area contributed by atoms with Crippen molar-refractivity contribution >= 4 is 17.5 Å². The number of halogens is 2. The van der Waals surface area contributed by atoms with Crippen molar-refractivity contribution in [2.45, 2.75) is 6.92 Å². The molecule has 126 valence electrons. The Labute approximate surface area is 138 Å². The van der Waals surface area contributed by atoms with Crippen LogP contribution in [0.2, 0.25) is 0 Å². The van der Waals surface area contributed by atoms with E-state index >= 15 is 0 Å². The maximum atomic E-state index is 13.2. The number of hydrogen-bond donors (Lipinski definition) is 1. The summed E-state index contributed by atoms with van der Waals surface area (Å²) in [7, 11) is 0. The summed E-state index contributed by atoms with van der Waals surface area (Å²) in [5, 5.41) is 10.7. The molecule has 1 aliphatic rings. The molecule has 0 aliphatic carbocycles. The molecule has 0 atom stereocenters. The second-order valence-electron chi connectivity index (χ2n) is 5.60. The number of piperazine rings is 1. The van der Waals surface area contributed by atoms with Gasteiger partial charge in [0.25, 0.3) is 0 Å². The zero-order valence-corrected chi connectivity index (χ0v) is 13.2. The molecule has 0 unspecified atom stereocenters. The number of aromatic nitrogens is 2. The predicted octanol–water partition coefficient (Wildman–Crippen LogP) is 2.42. The third-order valence-electron chi connectivity index (χ3n) is 3.79. The van der Waals surface area contributed by atoms with E-state index in [1.54, 1.807) is 4.90 Å². The number of nitrogens with zero attached hydrogens (tertiary/aromatic N) is 4. The molecule has 0 saturated carbocycles. The predicted molar refractivity (Wildman–Crippen MR) is 85.9 cm³/mol. The monoisotopic (exact) mass is 333 g/mol. The van der Waals surface area contributed by atoms with Gasteiger partial charge in [-0.05, 0) is 31.2 Å². The summed E-state index contributed by atoms with van der Waals surface area (Å²) in [6.07, 6.45) is 0. The van der Waals surface area contributed by atoms with E-state index in [2.05, 4.69) is 15.5 Å². The molecular formula is C16H17F2N5O. The van der Waals surface area contributed by atoms with E-state index in [0.29, 0.717) is 26.2 Å². The van der Waals surface area contributed by atoms with Gasteiger partial charge in [0.05, 0.1) is 5.69 Å². The number of anilines is 2. The zero-order valence-electron chi connectivity index (χ0n) is 13.2. The molecule has 8 heteroatoms. The molecule has 2 aromatic rings. The fraction of sp³-hybridized carbons (Fsp3) is 0.312. The fourth-order valence-electron chi connectivity index (χ4n) is 2.53. The second-order valence-corrected chi connectivity index (χ2v) is 5.60. The van der Waals surface area contributed by atoms with Gasteiger partial charge in [0, 0.05) is 37.9 Å². The zero-order chi connectivity index (χ0) is 17.1. The Bertz CT molecular complexity index is 709. The Hall–Kier alpha value is -2.77. The first-order valence-electron chi connectivity index (χ1n) is 7.58. The highest BCUT2D eigenvalue weighted by molar-refractivity contribution is 5.89. The van der Waals surface area contributed by atoms with E-state index in [1.807, 2.05) is 24.0 Å². The van der Waals surface area contributed by atoms with Crippen LogP contribution in [0.4, 0.5) is 25.1 Å². The molecule has 1 fully saturated rings. The minimum atomic E-state index is -0.729. The van der Waals surface area contributed by atoms with Crippen LogP contribution >= 0.6 is 0 Å². The van der Waals surface area contributed by atoms with E-state index < -0.39 is 11.6 Å². The summed E-state index contributed by atoms with van der Waals surface area (Å²) in [5.41, 5.74) is 0.948. The number of carbonyl (C=O) groups is 1. The SMILES string of the molecule is Cc1ccc(N2CCN(C(=O)Nc3cc(F)cc(F)c3)CC2)nn1. The Balaban J connectivity index is 1.57. The second kappa shape index (κ2) is 6.77. The molecule has 0 spiro atoms. The fourth-order valence-corrected chi connectivity index (χ4v) is 2.53. The van der Waals surface area contributed by atoms with Crippen LogP contribution in [0, 0.1) is 18.6 Å². The van der Waals surface area contributed by atoms with E-state index in [9.17, 15) is 13.6 Å². The van der Waals surface area contributed by atoms with Gasteiger partial charge < -0.3 is 15.1 Å². The average Bonchev–Trinajstić information content (AvgIpc) is 2.55. The number of amides is 2. The summed E-state index contributed by atoms with van der Waals surface area (Å²) in [6, 6.07) is 6.33. The molecule has 3 rings (SSSR count). The molecule has 1 aromatic carbocycles. The number of rotatable bonds is 2. The molecule has 6 nitrogen and oxygen atoms in total. The van der Waals surface area contributed by atoms with E-state index in [0.717, 1.165) is 29.7 Å². The summed E-state index contributed by atoms with van der Waals surface area (Å²) in [4.78, 5) is 15.8. The van der Waals surface area contributed by atoms with E-state index in [1.165, 1.54) is 0 Å². The summed E-state index contributed by atoms with van der Waals surface area (Å²) in [5.74, 6) is -0.686. The van der Waals surface area contributed by atoms with Gasteiger partial charge >= 0.3 is 6.03 Å². The topological polar surface area (TPSA) is 61.4 Å². The maximum absolute atomic E-state index is 13.2. The van der Waals surface area contributed by atoms with Gasteiger partial charge in [-0.1, -0.05) is 0 Å². The quantitative estimate of drug-likeness (QED) is 0.917. The number of hydrogen-bond acceptors (Lipinski definition) is 4. The molecule has 1 N–H and O–H groups in total. The van der Waals surface area contributed by atoms with Crippen molar-refractivity contribution < 1.29 is 13.6 Å². The van der Waals surface area contributed by atoms with Gasteiger partial charge in [0.15, 0.2) is 5.82 Å². The van der Waals surface area contributed by atoms with Crippen LogP contribution in [-0.4, -0.2) is 47.3 Å². The number of benzene rings is 1. The van der Waals surface area contributed by atoms with E-state index in [-0.39, 0.29) is 11.7 Å². The van der Waals surface area contributed by atoms with Gasteiger partial charge in [-0.15, -0.1) is 5.10 Å². The minimum Gasteiger partial charge on any atom is -0.352 e. The highest BCUT2D eigenvalue weighted by Crippen LogP contribution is 2.16. The number of urea groups is 1. The van der Waals surface area contributed by atoms with Crippen LogP contribution in [0.5, 0.6) is 0 Å². The molecule has 2 amide bonds. The van der Waals surface area contributed by atoms with E-state index in [4.69, 9.17) is 0 Å². The maximum Gasteiger partial charge on any atom is 0.321 e. The highest BCUT2D eigenvalue weighted by atomic mass is 19.1. The van der Waals surface area contributed by atoms with Crippen molar-refractivity contribution in [1.82, 2.24) is 15.1 Å². The van der Waals surface area contributed by atoms with Crippen molar-refractivity contribution in [1.29, 1.82) is 0 Å². The highest BCUT2D eigenvalue weighted by Gasteiger charge is 2.22. The largest absolute Gasteiger partial charge is 0.352 e. The molecule has 0 radical (unpaired) electrons. The van der Waals surface area contributed by atoms with Crippen molar-refractivity contribution in [2.75, 3.05) is 36.4 Å². The van der Waals surface area contributed by atoms with Crippen molar-refractivity contribution in [3.63, 3.8) is 0 Å². The summed E-state index contributed by atoms with van der Waals surface area (Å²) in [6.45, 7) is 4.07. The van der Waals surface area contributed by atoms with Gasteiger partial charge in [0.2, 0.25) is 0 Å². The molecule has 24 heavy (non-hydrogen) atoms. The normalized spacial score (nSPS) is 14.6. The van der Waals surface area contributed by atoms with Crippen LogP contribution in [0.3, 0.4) is 0 Å². The third kappa shape index (κ3) is 3.76. The minimum absolute atomic E-state index is 0.101. The van der Waals surface area contributed by atoms with Crippen LogP contribution in [-0.2, 0) is 0 Å². The molecule has 1 saturated heterocycles. The van der Waals surface area contributed by atoms with Crippen molar-refractivity contribution in [3.8, 4) is 0 Å². The smallest absolute Gasteiger partial charge is 0.321 e. The van der Waals surface area contributed by atoms with Crippen LogP contribution in [0.25, 0.3) is 0 Å². The van der Waals surface area contributed by atoms with Gasteiger partial charge in [-0.25, -0.2) is 13.6 Å². The first-order valence-corrected chi connectivity index (χ1v) is 7.58. The Morgan fingerprint density at radius 1 is 1.04 bits per heavy atom. The Morgan fingerprint density at radius 2 is 1.71 bits per heavy atom. The molecule has 1 aliphatic heterocycles. The lowest BCUT2D eigenvalue weighted by Gasteiger charge is -2.35. The first kappa shape index (κ1) is 16.1. The van der Waals surface area contributed by atoms with Crippen LogP contribution in [0.15, 0.2) is 30.3 Å². The summed E-state index contributed by atoms with van der Waals surface area (Å²) < 4.78 is 26.3. The molecular weight excluding hydrogens is 316 g/mol. The lowest BCUT2D eigenvalue weighted by Crippen LogP contribution is -2.50. The van der Waals surface area contributed by atoms with Gasteiger partial charge in [-0.2, -0.15) is 5.10 Å². The van der Waals surface area contributed by atoms with Gasteiger partial charge in [-0.3, -0.25) is 0 Å². The lowest BCUT2D eigenvalue weighted by molar-refractivity contribution is 0.208. The molecule has 2 heterocycles. The number of nitrogens with one attached hydrogen (secondary N) is 1. The number of aryl methyl sites for hydroxylation is 1. The number of carbonyl (C=O) groups excluding carboxylic acids is 1. The average molecular weight is 333 g/mol. The standard InChI is InChI=1S/C16H17F2N5O/c1-11-2-3-15(21-20-11)22-4-6-23(7-5-22)16(24)19-14-9-12(17)8-13(18)10-14/h2-3,8-10H,4-7H2,1H3,(H,19,24). The molecule has 1 aromatic heterocycles. The molecule has 0 bridgehead atoms. The van der Waals surface area contributed by atoms with Crippen LogP contribution < -0.4 is 10.2 Å². The van der Waals surface area contributed by atoms with Gasteiger partial charge in [0.1, 0.15) is 11.6 Å². The summed E-state index contributed by atoms with van der Waals surface area (Å²) >= 11 is 0. The lowest BCUT2D eigenvalue weighted by atomic mass is 10.3. The third-order valence-corrected chi connectivity index (χ3v) is 3.79. The van der Waals surface area contributed by atoms with Crippen molar-refractivity contribution in [3.05, 3.63) is 47.7 Å². The Morgan fingerprint density at radius 3 is 2.29 bits per heavy atom. The Kier molecular flexibility index (Phi) is 4.54. The van der Waals surface area contributed by atoms with Crippen molar-refractivity contribution in [2.24, 2.45) is 0 Å².